The second kappa shape index (κ2) is 15.5. The number of methoxy groups -OCH3 is 2. The summed E-state index contributed by atoms with van der Waals surface area (Å²) in [4.78, 5) is 29.2. The fourth-order valence-corrected chi connectivity index (χ4v) is 7.87. The maximum Gasteiger partial charge on any atom is 0.335 e. The number of carboxylic acid groups (broad SMARTS) is 1. The van der Waals surface area contributed by atoms with Crippen molar-refractivity contribution in [3.05, 3.63) is 123 Å². The summed E-state index contributed by atoms with van der Waals surface area (Å²) in [5.41, 5.74) is 2.16. The number of carbonyl (C=O) groups excluding carboxylic acids is 1. The lowest BCUT2D eigenvalue weighted by molar-refractivity contribution is -0.904. The number of rotatable bonds is 13. The van der Waals surface area contributed by atoms with Crippen LogP contribution in [0.2, 0.25) is 10.0 Å². The normalized spacial score (nSPS) is 19.9. The molecule has 7 rings (SSSR count). The van der Waals surface area contributed by atoms with E-state index in [1.54, 1.807) is 24.3 Å². The molecule has 3 aliphatic rings. The number of carbonyl (C=O) groups is 2. The van der Waals surface area contributed by atoms with Crippen LogP contribution in [0.3, 0.4) is 0 Å². The number of benzene rings is 3. The highest BCUT2D eigenvalue weighted by Gasteiger charge is 2.42. The van der Waals surface area contributed by atoms with Crippen LogP contribution in [0.1, 0.15) is 63.9 Å². The Morgan fingerprint density at radius 1 is 0.980 bits per heavy atom. The van der Waals surface area contributed by atoms with Crippen molar-refractivity contribution in [2.75, 3.05) is 33.9 Å². The summed E-state index contributed by atoms with van der Waals surface area (Å²) >= 11 is 13.2. The van der Waals surface area contributed by atoms with Gasteiger partial charge in [-0.1, -0.05) is 71.7 Å². The van der Waals surface area contributed by atoms with E-state index in [2.05, 4.69) is 10.2 Å². The van der Waals surface area contributed by atoms with Gasteiger partial charge >= 0.3 is 11.9 Å². The average Bonchev–Trinajstić information content (AvgIpc) is 3.14. The second-order valence-electron chi connectivity index (χ2n) is 13.3. The predicted molar refractivity (Wildman–Crippen MR) is 192 cm³/mol. The third kappa shape index (κ3) is 7.79. The van der Waals surface area contributed by atoms with Crippen molar-refractivity contribution in [3.8, 4) is 11.5 Å². The number of ether oxygens (including phenoxy) is 3. The van der Waals surface area contributed by atoms with Gasteiger partial charge in [0.2, 0.25) is 12.4 Å². The van der Waals surface area contributed by atoms with E-state index in [1.807, 2.05) is 49.4 Å². The molecule has 12 heteroatoms. The fraction of sp³-hybridized carbons (Fsp3) is 0.359. The first-order valence-corrected chi connectivity index (χ1v) is 17.7. The molecule has 3 aliphatic heterocycles. The molecule has 268 valence electrons. The van der Waals surface area contributed by atoms with Gasteiger partial charge in [0, 0.05) is 29.3 Å². The number of halogens is 2. The van der Waals surface area contributed by atoms with Crippen LogP contribution < -0.4 is 19.5 Å². The first kappa shape index (κ1) is 36.4. The molecule has 0 amide bonds. The van der Waals surface area contributed by atoms with Gasteiger partial charge in [0.05, 0.1) is 19.8 Å². The Kier molecular flexibility index (Phi) is 11.1. The smallest absolute Gasteiger partial charge is 0.335 e. The molecule has 0 saturated carbocycles. The van der Waals surface area contributed by atoms with Crippen molar-refractivity contribution in [2.24, 2.45) is 5.92 Å². The highest BCUT2D eigenvalue weighted by Crippen LogP contribution is 2.39. The van der Waals surface area contributed by atoms with Gasteiger partial charge in [0.15, 0.2) is 11.5 Å². The Hall–Kier alpha value is -4.35. The van der Waals surface area contributed by atoms with Gasteiger partial charge in [-0.15, -0.1) is 0 Å². The minimum absolute atomic E-state index is 0.0894. The molecular weight excluding hydrogens is 693 g/mol. The Morgan fingerprint density at radius 2 is 1.67 bits per heavy atom. The molecule has 10 nitrogen and oxygen atoms in total. The lowest BCUT2D eigenvalue weighted by Crippen LogP contribution is -2.55. The van der Waals surface area contributed by atoms with E-state index in [1.165, 1.54) is 26.6 Å². The number of hydrogen-bond acceptors (Lipinski definition) is 8. The summed E-state index contributed by atoms with van der Waals surface area (Å²) in [6.07, 6.45) is 4.72. The largest absolute Gasteiger partial charge is 0.493 e. The summed E-state index contributed by atoms with van der Waals surface area (Å²) in [5.74, 6) is -0.710. The zero-order chi connectivity index (χ0) is 36.3. The quantitative estimate of drug-likeness (QED) is 0.0832. The van der Waals surface area contributed by atoms with E-state index in [-0.39, 0.29) is 40.6 Å². The van der Waals surface area contributed by atoms with Crippen molar-refractivity contribution < 1.29 is 38.8 Å². The molecule has 4 aromatic rings. The predicted octanol–water partition coefficient (Wildman–Crippen LogP) is 6.25. The Morgan fingerprint density at radius 3 is 2.27 bits per heavy atom. The average molecular weight is 736 g/mol. The first-order chi connectivity index (χ1) is 24.5. The summed E-state index contributed by atoms with van der Waals surface area (Å²) < 4.78 is 18.1. The molecule has 3 fully saturated rings. The molecule has 4 heterocycles. The van der Waals surface area contributed by atoms with Crippen LogP contribution in [0.25, 0.3) is 0 Å². The van der Waals surface area contributed by atoms with E-state index < -0.39 is 17.4 Å². The lowest BCUT2D eigenvalue weighted by Gasteiger charge is -2.45. The molecule has 3 N–H and O–H groups in total. The molecule has 3 saturated heterocycles. The van der Waals surface area contributed by atoms with E-state index in [4.69, 9.17) is 37.4 Å². The topological polar surface area (TPSA) is 121 Å². The standard InChI is InChI=1S/C39H41Cl2N3O7/c1-39(27-7-5-4-6-8-27,38(47)51-36-23-43-15-13-25(36)14-16-43)42-20-24-9-11-28(37(45)46)30(17-24)29(19-31-32(40)21-44(48)22-33(31)41)26-10-12-34(49-2)35(18-26)50-3/h4-12,17-18,21-22,25,29,36,42H,13-16,19-20,23H2,1-3H3,(H-,45,46,48)/p+1/t29-,36-,39?/m0/s1. The van der Waals surface area contributed by atoms with E-state index in [9.17, 15) is 19.9 Å². The van der Waals surface area contributed by atoms with Crippen LogP contribution in [0, 0.1) is 5.92 Å². The van der Waals surface area contributed by atoms with Crippen LogP contribution in [0.5, 0.6) is 11.5 Å². The number of hydrogen-bond donors (Lipinski definition) is 3. The van der Waals surface area contributed by atoms with Gasteiger partial charge in [-0.05, 0) is 85.6 Å². The summed E-state index contributed by atoms with van der Waals surface area (Å²) in [7, 11) is 3.07. The van der Waals surface area contributed by atoms with Crippen LogP contribution in [0.4, 0.5) is 0 Å². The molecule has 0 radical (unpaired) electrons. The maximum absolute atomic E-state index is 14.1. The second-order valence-corrected chi connectivity index (χ2v) is 14.2. The van der Waals surface area contributed by atoms with Gasteiger partial charge in [0.25, 0.3) is 0 Å². The minimum atomic E-state index is -1.19. The maximum atomic E-state index is 14.1. The van der Waals surface area contributed by atoms with Gasteiger partial charge in [-0.2, -0.15) is 0 Å². The Labute approximate surface area is 307 Å². The van der Waals surface area contributed by atoms with Gasteiger partial charge < -0.3 is 19.3 Å². The number of carboxylic acids is 1. The van der Waals surface area contributed by atoms with Gasteiger partial charge in [-0.25, -0.2) is 9.59 Å². The monoisotopic (exact) mass is 734 g/mol. The molecule has 51 heavy (non-hydrogen) atoms. The molecular formula is C39H42Cl2N3O7+. The minimum Gasteiger partial charge on any atom is -0.493 e. The van der Waals surface area contributed by atoms with E-state index in [0.717, 1.165) is 53.9 Å². The molecule has 3 atom stereocenters. The summed E-state index contributed by atoms with van der Waals surface area (Å²) in [6.45, 7) is 4.88. The zero-order valence-electron chi connectivity index (χ0n) is 28.8. The summed E-state index contributed by atoms with van der Waals surface area (Å²) in [5, 5.41) is 24.3. The SMILES string of the molecule is COc1ccc([C@H](Cc2c(Cl)c[n+](O)cc2Cl)c2cc(CNC(C)(C(=O)O[C@H]3CN4CCC3CC4)c3ccccc3)ccc2C(=O)O)cc1OC. The van der Waals surface area contributed by atoms with Crippen LogP contribution in [0.15, 0.2) is 79.1 Å². The number of aromatic carboxylic acids is 1. The number of fused-ring (bicyclic) bond motifs is 3. The zero-order valence-corrected chi connectivity index (χ0v) is 30.3. The van der Waals surface area contributed by atoms with Crippen molar-refractivity contribution in [1.29, 1.82) is 0 Å². The first-order valence-electron chi connectivity index (χ1n) is 16.9. The van der Waals surface area contributed by atoms with Crippen LogP contribution in [-0.2, 0) is 28.0 Å². The van der Waals surface area contributed by atoms with Crippen molar-refractivity contribution in [2.45, 2.75) is 50.3 Å². The molecule has 3 aromatic carbocycles. The lowest BCUT2D eigenvalue weighted by atomic mass is 9.82. The number of pyridine rings is 1. The molecule has 0 aliphatic carbocycles. The fourth-order valence-electron chi connectivity index (χ4n) is 7.26. The molecule has 0 spiro atoms. The number of nitrogens with one attached hydrogen (secondary N) is 1. The van der Waals surface area contributed by atoms with Gasteiger partial charge in [-0.3, -0.25) is 15.4 Å². The third-order valence-corrected chi connectivity index (χ3v) is 10.9. The van der Waals surface area contributed by atoms with Crippen molar-refractivity contribution in [3.63, 3.8) is 0 Å². The number of nitrogens with zero attached hydrogens (tertiary/aromatic N) is 2. The van der Waals surface area contributed by atoms with E-state index in [0.29, 0.717) is 28.5 Å². The summed E-state index contributed by atoms with van der Waals surface area (Å²) in [6, 6.07) is 20.0. The van der Waals surface area contributed by atoms with E-state index >= 15 is 0 Å². The van der Waals surface area contributed by atoms with Gasteiger partial charge in [0.1, 0.15) is 21.7 Å². The Bertz CT molecular complexity index is 1880. The molecule has 1 unspecified atom stereocenters. The van der Waals surface area contributed by atoms with Crippen molar-refractivity contribution >= 4 is 35.1 Å². The highest BCUT2D eigenvalue weighted by atomic mass is 35.5. The third-order valence-electron chi connectivity index (χ3n) is 10.3. The molecule has 2 bridgehead atoms. The van der Waals surface area contributed by atoms with Crippen LogP contribution >= 0.6 is 23.2 Å². The highest BCUT2D eigenvalue weighted by molar-refractivity contribution is 6.35. The Balaban J connectivity index is 1.37. The number of esters is 1. The number of piperidine rings is 3. The molecule has 1 aromatic heterocycles. The number of aromatic nitrogens is 1. The van der Waals surface area contributed by atoms with Crippen LogP contribution in [-0.4, -0.2) is 67.1 Å². The van der Waals surface area contributed by atoms with Crippen molar-refractivity contribution in [1.82, 2.24) is 10.2 Å².